The van der Waals surface area contributed by atoms with Crippen molar-refractivity contribution in [3.63, 3.8) is 0 Å². The number of pyridine rings is 1. The molecule has 0 unspecified atom stereocenters. The lowest BCUT2D eigenvalue weighted by Gasteiger charge is -2.11. The molecule has 0 bridgehead atoms. The molecule has 1 aliphatic rings. The lowest BCUT2D eigenvalue weighted by Crippen LogP contribution is -1.99. The standard InChI is InChI=1S/C18H13FN2O3S/c1-10-4-11-5-17-15(9-18(11)25(10,23)24)16(2-3-20-17)21-13-6-12(19)7-14(22)8-13/h2-9,22H,1H3,(H,20,21). The number of aromatic hydroxyl groups is 1. The SMILES string of the molecule is CC1=Cc2cc3nccc(Nc4cc(O)cc(F)c4)c3cc2S1(=O)=O. The summed E-state index contributed by atoms with van der Waals surface area (Å²) < 4.78 is 38.3. The maximum atomic E-state index is 13.5. The summed E-state index contributed by atoms with van der Waals surface area (Å²) in [6, 6.07) is 8.57. The van der Waals surface area contributed by atoms with Crippen molar-refractivity contribution >= 4 is 38.2 Å². The van der Waals surface area contributed by atoms with Gasteiger partial charge < -0.3 is 10.4 Å². The average molecular weight is 356 g/mol. The zero-order valence-corrected chi connectivity index (χ0v) is 13.9. The van der Waals surface area contributed by atoms with Crippen molar-refractivity contribution in [2.45, 2.75) is 11.8 Å². The first kappa shape index (κ1) is 15.6. The van der Waals surface area contributed by atoms with E-state index in [1.165, 1.54) is 12.1 Å². The maximum Gasteiger partial charge on any atom is 0.203 e. The second-order valence-corrected chi connectivity index (χ2v) is 7.94. The van der Waals surface area contributed by atoms with E-state index >= 15 is 0 Å². The molecule has 0 saturated carbocycles. The smallest absolute Gasteiger partial charge is 0.203 e. The molecule has 4 rings (SSSR count). The molecule has 25 heavy (non-hydrogen) atoms. The van der Waals surface area contributed by atoms with Gasteiger partial charge in [0, 0.05) is 40.0 Å². The van der Waals surface area contributed by atoms with Crippen LogP contribution in [0.4, 0.5) is 15.8 Å². The molecule has 0 atom stereocenters. The molecule has 0 spiro atoms. The molecule has 126 valence electrons. The van der Waals surface area contributed by atoms with E-state index in [9.17, 15) is 17.9 Å². The van der Waals surface area contributed by atoms with Crippen LogP contribution in [0.25, 0.3) is 17.0 Å². The van der Waals surface area contributed by atoms with Crippen LogP contribution in [0.2, 0.25) is 0 Å². The fourth-order valence-electron chi connectivity index (χ4n) is 2.92. The van der Waals surface area contributed by atoms with Gasteiger partial charge in [-0.05, 0) is 42.8 Å². The molecule has 2 heterocycles. The second kappa shape index (κ2) is 5.29. The number of anilines is 2. The number of allylic oxidation sites excluding steroid dienone is 1. The Morgan fingerprint density at radius 2 is 1.96 bits per heavy atom. The summed E-state index contributed by atoms with van der Waals surface area (Å²) in [4.78, 5) is 4.81. The molecule has 7 heteroatoms. The number of aromatic nitrogens is 1. The van der Waals surface area contributed by atoms with Crippen LogP contribution < -0.4 is 5.32 Å². The third-order valence-corrected chi connectivity index (χ3v) is 6.01. The van der Waals surface area contributed by atoms with Gasteiger partial charge in [-0.3, -0.25) is 4.98 Å². The Bertz CT molecular complexity index is 1150. The van der Waals surface area contributed by atoms with Crippen molar-refractivity contribution in [3.8, 4) is 5.75 Å². The van der Waals surface area contributed by atoms with Gasteiger partial charge in [-0.2, -0.15) is 0 Å². The van der Waals surface area contributed by atoms with Gasteiger partial charge >= 0.3 is 0 Å². The molecule has 0 amide bonds. The molecule has 0 saturated heterocycles. The summed E-state index contributed by atoms with van der Waals surface area (Å²) in [5.41, 5.74) is 2.14. The fraction of sp³-hybridized carbons (Fsp3) is 0.0556. The van der Waals surface area contributed by atoms with Crippen molar-refractivity contribution in [2.24, 2.45) is 0 Å². The third-order valence-electron chi connectivity index (χ3n) is 4.11. The Morgan fingerprint density at radius 1 is 1.16 bits per heavy atom. The molecule has 2 aromatic carbocycles. The summed E-state index contributed by atoms with van der Waals surface area (Å²) in [6.45, 7) is 1.56. The van der Waals surface area contributed by atoms with Gasteiger partial charge in [0.05, 0.1) is 10.4 Å². The second-order valence-electron chi connectivity index (χ2n) is 5.85. The van der Waals surface area contributed by atoms with Crippen molar-refractivity contribution in [1.82, 2.24) is 4.98 Å². The van der Waals surface area contributed by atoms with E-state index in [1.54, 1.807) is 37.4 Å². The highest BCUT2D eigenvalue weighted by Crippen LogP contribution is 2.37. The lowest BCUT2D eigenvalue weighted by atomic mass is 10.1. The Labute approximate surface area is 143 Å². The molecule has 1 aromatic heterocycles. The molecular formula is C18H13FN2O3S. The third kappa shape index (κ3) is 2.53. The first-order chi connectivity index (χ1) is 11.8. The topological polar surface area (TPSA) is 79.3 Å². The van der Waals surface area contributed by atoms with Gasteiger partial charge in [0.15, 0.2) is 0 Å². The molecule has 2 N–H and O–H groups in total. The normalized spacial score (nSPS) is 15.0. The number of phenols is 1. The van der Waals surface area contributed by atoms with Crippen LogP contribution in [0.15, 0.2) is 52.4 Å². The minimum Gasteiger partial charge on any atom is -0.508 e. The monoisotopic (exact) mass is 356 g/mol. The van der Waals surface area contributed by atoms with Gasteiger partial charge in [0.2, 0.25) is 9.84 Å². The van der Waals surface area contributed by atoms with Crippen LogP contribution in [-0.2, 0) is 9.84 Å². The highest BCUT2D eigenvalue weighted by molar-refractivity contribution is 7.95. The minimum absolute atomic E-state index is 0.204. The zero-order valence-electron chi connectivity index (χ0n) is 13.1. The van der Waals surface area contributed by atoms with Crippen LogP contribution in [0, 0.1) is 5.82 Å². The number of hydrogen-bond donors (Lipinski definition) is 2. The number of fused-ring (bicyclic) bond motifs is 2. The summed E-state index contributed by atoms with van der Waals surface area (Å²) in [6.07, 6.45) is 3.20. The van der Waals surface area contributed by atoms with Crippen molar-refractivity contribution < 1.29 is 17.9 Å². The van der Waals surface area contributed by atoms with E-state index < -0.39 is 15.7 Å². The number of rotatable bonds is 2. The fourth-order valence-corrected chi connectivity index (χ4v) is 4.25. The minimum atomic E-state index is -3.47. The first-order valence-corrected chi connectivity index (χ1v) is 8.96. The number of halogens is 1. The summed E-state index contributed by atoms with van der Waals surface area (Å²) in [7, 11) is -3.47. The van der Waals surface area contributed by atoms with Crippen molar-refractivity contribution in [2.75, 3.05) is 5.32 Å². The largest absolute Gasteiger partial charge is 0.508 e. The molecule has 0 fully saturated rings. The predicted octanol–water partition coefficient (Wildman–Crippen LogP) is 3.97. The number of nitrogens with zero attached hydrogens (tertiary/aromatic N) is 1. The van der Waals surface area contributed by atoms with Gasteiger partial charge in [-0.1, -0.05) is 0 Å². The molecule has 1 aliphatic heterocycles. The van der Waals surface area contributed by atoms with Gasteiger partial charge in [0.1, 0.15) is 11.6 Å². The number of hydrogen-bond acceptors (Lipinski definition) is 5. The van der Waals surface area contributed by atoms with E-state index in [0.717, 1.165) is 6.07 Å². The lowest BCUT2D eigenvalue weighted by molar-refractivity contribution is 0.469. The number of benzene rings is 2. The summed E-state index contributed by atoms with van der Waals surface area (Å²) >= 11 is 0. The predicted molar refractivity (Wildman–Crippen MR) is 93.9 cm³/mol. The molecule has 0 radical (unpaired) electrons. The molecular weight excluding hydrogens is 343 g/mol. The van der Waals surface area contributed by atoms with Crippen LogP contribution in [0.1, 0.15) is 12.5 Å². The average Bonchev–Trinajstić information content (AvgIpc) is 2.74. The highest BCUT2D eigenvalue weighted by Gasteiger charge is 2.27. The Morgan fingerprint density at radius 3 is 2.72 bits per heavy atom. The number of phenolic OH excluding ortho intramolecular Hbond substituents is 1. The Kier molecular flexibility index (Phi) is 3.30. The number of sulfone groups is 1. The summed E-state index contributed by atoms with van der Waals surface area (Å²) in [5.74, 6) is -0.784. The Hall–Kier alpha value is -2.93. The molecule has 0 aliphatic carbocycles. The van der Waals surface area contributed by atoms with Crippen LogP contribution >= 0.6 is 0 Å². The zero-order chi connectivity index (χ0) is 17.8. The van der Waals surface area contributed by atoms with E-state index in [4.69, 9.17) is 0 Å². The van der Waals surface area contributed by atoms with Gasteiger partial charge in [0.25, 0.3) is 0 Å². The van der Waals surface area contributed by atoms with Crippen LogP contribution in [0.3, 0.4) is 0 Å². The van der Waals surface area contributed by atoms with Gasteiger partial charge in [-0.25, -0.2) is 12.8 Å². The van der Waals surface area contributed by atoms with E-state index in [0.29, 0.717) is 32.7 Å². The Balaban J connectivity index is 1.88. The van der Waals surface area contributed by atoms with Gasteiger partial charge in [-0.15, -0.1) is 0 Å². The van der Waals surface area contributed by atoms with E-state index in [2.05, 4.69) is 10.3 Å². The van der Waals surface area contributed by atoms with Crippen LogP contribution in [-0.4, -0.2) is 18.5 Å². The molecule has 5 nitrogen and oxygen atoms in total. The first-order valence-electron chi connectivity index (χ1n) is 7.47. The quantitative estimate of drug-likeness (QED) is 0.726. The van der Waals surface area contributed by atoms with Crippen molar-refractivity contribution in [1.29, 1.82) is 0 Å². The highest BCUT2D eigenvalue weighted by atomic mass is 32.2. The maximum absolute atomic E-state index is 13.5. The summed E-state index contributed by atoms with van der Waals surface area (Å²) in [5, 5.41) is 13.1. The van der Waals surface area contributed by atoms with E-state index in [1.807, 2.05) is 0 Å². The van der Waals surface area contributed by atoms with Crippen LogP contribution in [0.5, 0.6) is 5.75 Å². The molecule has 3 aromatic rings. The number of nitrogens with one attached hydrogen (secondary N) is 1. The van der Waals surface area contributed by atoms with E-state index in [-0.39, 0.29) is 10.6 Å². The van der Waals surface area contributed by atoms with Crippen molar-refractivity contribution in [3.05, 3.63) is 58.9 Å².